The van der Waals surface area contributed by atoms with E-state index < -0.39 is 26.2 Å². The second-order valence-electron chi connectivity index (χ2n) is 8.01. The molecule has 0 amide bonds. The van der Waals surface area contributed by atoms with Crippen LogP contribution in [0.3, 0.4) is 0 Å². The maximum Gasteiger partial charge on any atom is 0.297 e. The van der Waals surface area contributed by atoms with E-state index in [9.17, 15) is 16.8 Å². The van der Waals surface area contributed by atoms with Crippen LogP contribution in [0.2, 0.25) is 0 Å². The molecule has 1 saturated carbocycles. The molecule has 9 heteroatoms. The van der Waals surface area contributed by atoms with E-state index in [0.29, 0.717) is 12.5 Å². The molecule has 1 atom stereocenters. The molecule has 0 aliphatic heterocycles. The lowest BCUT2D eigenvalue weighted by Gasteiger charge is -2.25. The van der Waals surface area contributed by atoms with Crippen molar-refractivity contribution < 1.29 is 25.8 Å². The van der Waals surface area contributed by atoms with Crippen molar-refractivity contribution in [1.29, 1.82) is 0 Å². The standard InChI is InChI=1S/C22H29NO6S2/c1-18-8-12-22(13-9-18)31(26,27)29-21(17-28-16-20-6-4-3-5-7-20)15-23(30(2,24)25)14-19-10-11-19/h3-9,12-13,19,21H,10-11,14-17H2,1-2H3. The molecule has 2 aromatic rings. The average molecular weight is 468 g/mol. The predicted molar refractivity (Wildman–Crippen MR) is 118 cm³/mol. The Bertz CT molecular complexity index is 1050. The third-order valence-corrected chi connectivity index (χ3v) is 7.63. The van der Waals surface area contributed by atoms with Crippen LogP contribution in [-0.4, -0.2) is 53.2 Å². The van der Waals surface area contributed by atoms with E-state index in [1.165, 1.54) is 16.4 Å². The smallest absolute Gasteiger partial charge is 0.297 e. The van der Waals surface area contributed by atoms with Crippen molar-refractivity contribution in [1.82, 2.24) is 4.31 Å². The van der Waals surface area contributed by atoms with E-state index >= 15 is 0 Å². The monoisotopic (exact) mass is 467 g/mol. The number of hydrogen-bond donors (Lipinski definition) is 0. The molecular weight excluding hydrogens is 438 g/mol. The lowest BCUT2D eigenvalue weighted by Crippen LogP contribution is -2.41. The SMILES string of the molecule is Cc1ccc(S(=O)(=O)OC(COCc2ccccc2)CN(CC2CC2)S(C)(=O)=O)cc1. The molecule has 0 aromatic heterocycles. The van der Waals surface area contributed by atoms with Gasteiger partial charge in [-0.1, -0.05) is 48.0 Å². The molecule has 1 fully saturated rings. The second-order valence-corrected chi connectivity index (χ2v) is 11.6. The molecule has 1 aliphatic rings. The first-order chi connectivity index (χ1) is 14.6. The average Bonchev–Trinajstić information content (AvgIpc) is 3.52. The van der Waals surface area contributed by atoms with Crippen LogP contribution in [0.25, 0.3) is 0 Å². The van der Waals surface area contributed by atoms with Crippen LogP contribution in [-0.2, 0) is 35.7 Å². The summed E-state index contributed by atoms with van der Waals surface area (Å²) in [5.41, 5.74) is 1.86. The maximum absolute atomic E-state index is 12.8. The summed E-state index contributed by atoms with van der Waals surface area (Å²) >= 11 is 0. The molecular formula is C22H29NO6S2. The van der Waals surface area contributed by atoms with Gasteiger partial charge in [0.05, 0.1) is 24.4 Å². The van der Waals surface area contributed by atoms with Crippen LogP contribution in [0.5, 0.6) is 0 Å². The van der Waals surface area contributed by atoms with E-state index in [0.717, 1.165) is 30.2 Å². The summed E-state index contributed by atoms with van der Waals surface area (Å²) in [5, 5.41) is 0. The largest absolute Gasteiger partial charge is 0.374 e. The topological polar surface area (TPSA) is 90.0 Å². The van der Waals surface area contributed by atoms with Gasteiger partial charge in [-0.25, -0.2) is 8.42 Å². The zero-order chi connectivity index (χ0) is 22.5. The van der Waals surface area contributed by atoms with Crippen LogP contribution in [0.15, 0.2) is 59.5 Å². The second kappa shape index (κ2) is 10.2. The van der Waals surface area contributed by atoms with Gasteiger partial charge in [0.2, 0.25) is 10.0 Å². The van der Waals surface area contributed by atoms with Crippen molar-refractivity contribution >= 4 is 20.1 Å². The van der Waals surface area contributed by atoms with E-state index in [4.69, 9.17) is 8.92 Å². The lowest BCUT2D eigenvalue weighted by atomic mass is 10.2. The van der Waals surface area contributed by atoms with Crippen molar-refractivity contribution in [2.75, 3.05) is 26.0 Å². The highest BCUT2D eigenvalue weighted by Gasteiger charge is 2.32. The van der Waals surface area contributed by atoms with Crippen LogP contribution in [0.4, 0.5) is 0 Å². The Balaban J connectivity index is 1.74. The summed E-state index contributed by atoms with van der Waals surface area (Å²) in [6.45, 7) is 2.35. The first-order valence-electron chi connectivity index (χ1n) is 10.2. The van der Waals surface area contributed by atoms with Gasteiger partial charge in [0.25, 0.3) is 10.1 Å². The van der Waals surface area contributed by atoms with Crippen molar-refractivity contribution in [3.05, 3.63) is 65.7 Å². The Morgan fingerprint density at radius 1 is 1.00 bits per heavy atom. The molecule has 170 valence electrons. The maximum atomic E-state index is 12.8. The fraction of sp³-hybridized carbons (Fsp3) is 0.455. The molecule has 0 heterocycles. The van der Waals surface area contributed by atoms with E-state index in [1.54, 1.807) is 12.1 Å². The summed E-state index contributed by atoms with van der Waals surface area (Å²) in [6, 6.07) is 15.8. The van der Waals surface area contributed by atoms with Crippen LogP contribution in [0.1, 0.15) is 24.0 Å². The number of ether oxygens (including phenoxy) is 1. The van der Waals surface area contributed by atoms with Crippen molar-refractivity contribution in [2.24, 2.45) is 5.92 Å². The third-order valence-electron chi connectivity index (χ3n) is 5.02. The fourth-order valence-corrected chi connectivity index (χ4v) is 5.07. The Labute approximate surface area is 185 Å². The van der Waals surface area contributed by atoms with Gasteiger partial charge in [-0.05, 0) is 43.4 Å². The van der Waals surface area contributed by atoms with Gasteiger partial charge in [0.15, 0.2) is 0 Å². The number of benzene rings is 2. The van der Waals surface area contributed by atoms with Crippen LogP contribution in [0, 0.1) is 12.8 Å². The molecule has 0 bridgehead atoms. The quantitative estimate of drug-likeness (QED) is 0.446. The van der Waals surface area contributed by atoms with Gasteiger partial charge in [0.1, 0.15) is 6.10 Å². The molecule has 1 unspecified atom stereocenters. The van der Waals surface area contributed by atoms with E-state index in [-0.39, 0.29) is 24.7 Å². The predicted octanol–water partition coefficient (Wildman–Crippen LogP) is 2.96. The Morgan fingerprint density at radius 3 is 2.23 bits per heavy atom. The summed E-state index contributed by atoms with van der Waals surface area (Å²) < 4.78 is 62.6. The number of aryl methyl sites for hydroxylation is 1. The van der Waals surface area contributed by atoms with Crippen molar-refractivity contribution in [3.8, 4) is 0 Å². The molecule has 3 rings (SSSR count). The Kier molecular flexibility index (Phi) is 7.87. The zero-order valence-corrected chi connectivity index (χ0v) is 19.4. The fourth-order valence-electron chi connectivity index (χ4n) is 3.09. The highest BCUT2D eigenvalue weighted by molar-refractivity contribution is 7.88. The van der Waals surface area contributed by atoms with Gasteiger partial charge < -0.3 is 4.74 Å². The number of rotatable bonds is 12. The summed E-state index contributed by atoms with van der Waals surface area (Å²) in [5.74, 6) is 0.314. The molecule has 1 aliphatic carbocycles. The van der Waals surface area contributed by atoms with Crippen molar-refractivity contribution in [2.45, 2.75) is 37.4 Å². The van der Waals surface area contributed by atoms with E-state index in [1.807, 2.05) is 37.3 Å². The first-order valence-corrected chi connectivity index (χ1v) is 13.5. The van der Waals surface area contributed by atoms with Gasteiger partial charge in [-0.15, -0.1) is 0 Å². The number of hydrogen-bond acceptors (Lipinski definition) is 6. The molecule has 0 spiro atoms. The summed E-state index contributed by atoms with van der Waals surface area (Å²) in [7, 11) is -7.59. The minimum absolute atomic E-state index is 0.0271. The number of nitrogens with zero attached hydrogens (tertiary/aromatic N) is 1. The summed E-state index contributed by atoms with van der Waals surface area (Å²) in [4.78, 5) is 0.0271. The lowest BCUT2D eigenvalue weighted by molar-refractivity contribution is 0.0357. The first kappa shape index (κ1) is 23.9. The number of sulfonamides is 1. The van der Waals surface area contributed by atoms with Gasteiger partial charge in [0, 0.05) is 13.1 Å². The normalized spacial score (nSPS) is 15.8. The zero-order valence-electron chi connectivity index (χ0n) is 17.8. The molecule has 7 nitrogen and oxygen atoms in total. The highest BCUT2D eigenvalue weighted by atomic mass is 32.2. The van der Waals surface area contributed by atoms with Gasteiger partial charge >= 0.3 is 0 Å². The highest BCUT2D eigenvalue weighted by Crippen LogP contribution is 2.30. The van der Waals surface area contributed by atoms with Crippen LogP contribution >= 0.6 is 0 Å². The van der Waals surface area contributed by atoms with E-state index in [2.05, 4.69) is 0 Å². The Hall–Kier alpha value is -1.78. The molecule has 31 heavy (non-hydrogen) atoms. The van der Waals surface area contributed by atoms with Gasteiger partial charge in [-0.2, -0.15) is 12.7 Å². The molecule has 2 aromatic carbocycles. The van der Waals surface area contributed by atoms with Crippen molar-refractivity contribution in [3.63, 3.8) is 0 Å². The minimum Gasteiger partial charge on any atom is -0.374 e. The minimum atomic E-state index is -4.08. The molecule has 0 saturated heterocycles. The van der Waals surface area contributed by atoms with Crippen LogP contribution < -0.4 is 0 Å². The summed E-state index contributed by atoms with van der Waals surface area (Å²) in [6.07, 6.45) is 2.11. The molecule has 0 radical (unpaired) electrons. The Morgan fingerprint density at radius 2 is 1.65 bits per heavy atom. The third kappa shape index (κ3) is 7.69. The molecule has 0 N–H and O–H groups in total. The van der Waals surface area contributed by atoms with Gasteiger partial charge in [-0.3, -0.25) is 4.18 Å².